The fourth-order valence-corrected chi connectivity index (χ4v) is 2.07. The molecule has 1 aromatic heterocycles. The number of aryl methyl sites for hydroxylation is 1. The average Bonchev–Trinajstić information content (AvgIpc) is 2.58. The van der Waals surface area contributed by atoms with Crippen molar-refractivity contribution in [3.05, 3.63) is 18.0 Å². The van der Waals surface area contributed by atoms with Gasteiger partial charge in [0.05, 0.1) is 11.8 Å². The highest BCUT2D eigenvalue weighted by Gasteiger charge is 2.34. The molecule has 1 aliphatic carbocycles. The Bertz CT molecular complexity index is 313. The van der Waals surface area contributed by atoms with Gasteiger partial charge in [0.15, 0.2) is 0 Å². The molecule has 0 saturated heterocycles. The molecule has 14 heavy (non-hydrogen) atoms. The minimum Gasteiger partial charge on any atom is -0.385 e. The summed E-state index contributed by atoms with van der Waals surface area (Å²) in [4.78, 5) is 0. The Morgan fingerprint density at radius 3 is 2.71 bits per heavy atom. The van der Waals surface area contributed by atoms with Crippen molar-refractivity contribution in [2.75, 3.05) is 0 Å². The highest BCUT2D eigenvalue weighted by molar-refractivity contribution is 5.16. The van der Waals surface area contributed by atoms with Crippen LogP contribution in [0, 0.1) is 0 Å². The van der Waals surface area contributed by atoms with Crippen molar-refractivity contribution in [3.8, 4) is 0 Å². The highest BCUT2D eigenvalue weighted by Crippen LogP contribution is 2.36. The lowest BCUT2D eigenvalue weighted by Crippen LogP contribution is -2.36. The number of aromatic nitrogens is 2. The van der Waals surface area contributed by atoms with Crippen LogP contribution in [0.2, 0.25) is 0 Å². The summed E-state index contributed by atoms with van der Waals surface area (Å²) in [6, 6.07) is 0.256. The van der Waals surface area contributed by atoms with Gasteiger partial charge in [0.25, 0.3) is 0 Å². The quantitative estimate of drug-likeness (QED) is 0.686. The second-order valence-electron chi connectivity index (χ2n) is 4.27. The van der Waals surface area contributed by atoms with E-state index < -0.39 is 5.60 Å². The van der Waals surface area contributed by atoms with Crippen LogP contribution in [-0.4, -0.2) is 20.9 Å². The van der Waals surface area contributed by atoms with Crippen LogP contribution >= 0.6 is 0 Å². The van der Waals surface area contributed by atoms with Crippen molar-refractivity contribution < 1.29 is 5.11 Å². The first-order chi connectivity index (χ1) is 6.60. The van der Waals surface area contributed by atoms with Crippen LogP contribution in [0.25, 0.3) is 0 Å². The summed E-state index contributed by atoms with van der Waals surface area (Å²) in [6.45, 7) is 0. The molecule has 0 aliphatic heterocycles. The molecular formula is C10H17N3O. The molecule has 0 unspecified atom stereocenters. The number of rotatable bonds is 1. The minimum atomic E-state index is -0.690. The van der Waals surface area contributed by atoms with Crippen LogP contribution in [0.4, 0.5) is 0 Å². The Balaban J connectivity index is 2.16. The maximum atomic E-state index is 10.4. The Labute approximate surface area is 83.7 Å². The third-order valence-electron chi connectivity index (χ3n) is 3.10. The van der Waals surface area contributed by atoms with Crippen LogP contribution in [0.3, 0.4) is 0 Å². The monoisotopic (exact) mass is 195 g/mol. The van der Waals surface area contributed by atoms with E-state index in [2.05, 4.69) is 5.10 Å². The third-order valence-corrected chi connectivity index (χ3v) is 3.10. The summed E-state index contributed by atoms with van der Waals surface area (Å²) in [6.07, 6.45) is 6.92. The van der Waals surface area contributed by atoms with Crippen molar-refractivity contribution in [1.29, 1.82) is 0 Å². The van der Waals surface area contributed by atoms with Gasteiger partial charge in [0, 0.05) is 24.8 Å². The predicted molar refractivity (Wildman–Crippen MR) is 53.5 cm³/mol. The van der Waals surface area contributed by atoms with Crippen molar-refractivity contribution in [1.82, 2.24) is 9.78 Å². The van der Waals surface area contributed by atoms with E-state index in [0.29, 0.717) is 0 Å². The molecule has 2 rings (SSSR count). The molecule has 0 aromatic carbocycles. The standard InChI is InChI=1S/C10H17N3O/c1-13-7-8(6-12-13)10(14)4-2-9(11)3-5-10/h6-7,9,14H,2-5,11H2,1H3. The van der Waals surface area contributed by atoms with Gasteiger partial charge in [-0.15, -0.1) is 0 Å². The summed E-state index contributed by atoms with van der Waals surface area (Å²) >= 11 is 0. The van der Waals surface area contributed by atoms with Crippen LogP contribution < -0.4 is 5.73 Å². The minimum absolute atomic E-state index is 0.256. The zero-order valence-corrected chi connectivity index (χ0v) is 8.48. The number of hydrogen-bond acceptors (Lipinski definition) is 3. The molecule has 4 heteroatoms. The fraction of sp³-hybridized carbons (Fsp3) is 0.700. The molecule has 1 aromatic rings. The molecule has 3 N–H and O–H groups in total. The average molecular weight is 195 g/mol. The third kappa shape index (κ3) is 1.67. The second-order valence-corrected chi connectivity index (χ2v) is 4.27. The largest absolute Gasteiger partial charge is 0.385 e. The number of nitrogens with zero attached hydrogens (tertiary/aromatic N) is 2. The van der Waals surface area contributed by atoms with Crippen LogP contribution in [0.5, 0.6) is 0 Å². The molecule has 1 aliphatic rings. The van der Waals surface area contributed by atoms with Crippen molar-refractivity contribution in [2.24, 2.45) is 12.8 Å². The van der Waals surface area contributed by atoms with Gasteiger partial charge in [0.1, 0.15) is 0 Å². The molecule has 1 fully saturated rings. The van der Waals surface area contributed by atoms with Gasteiger partial charge in [-0.25, -0.2) is 0 Å². The first-order valence-electron chi connectivity index (χ1n) is 5.07. The first kappa shape index (κ1) is 9.68. The molecule has 1 heterocycles. The number of nitrogens with two attached hydrogens (primary N) is 1. The fourth-order valence-electron chi connectivity index (χ4n) is 2.07. The molecular weight excluding hydrogens is 178 g/mol. The van der Waals surface area contributed by atoms with E-state index >= 15 is 0 Å². The summed E-state index contributed by atoms with van der Waals surface area (Å²) in [5.41, 5.74) is 6.04. The Hall–Kier alpha value is -0.870. The lowest BCUT2D eigenvalue weighted by atomic mass is 9.79. The molecule has 78 valence electrons. The van der Waals surface area contributed by atoms with Crippen molar-refractivity contribution >= 4 is 0 Å². The van der Waals surface area contributed by atoms with Crippen molar-refractivity contribution in [2.45, 2.75) is 37.3 Å². The molecule has 0 atom stereocenters. The van der Waals surface area contributed by atoms with E-state index in [0.717, 1.165) is 31.2 Å². The van der Waals surface area contributed by atoms with Crippen molar-refractivity contribution in [3.63, 3.8) is 0 Å². The Morgan fingerprint density at radius 2 is 2.21 bits per heavy atom. The van der Waals surface area contributed by atoms with Gasteiger partial charge in [-0.2, -0.15) is 5.10 Å². The summed E-state index contributed by atoms with van der Waals surface area (Å²) in [7, 11) is 1.86. The SMILES string of the molecule is Cn1cc(C2(O)CCC(N)CC2)cn1. The van der Waals surface area contributed by atoms with E-state index in [1.54, 1.807) is 10.9 Å². The van der Waals surface area contributed by atoms with E-state index in [-0.39, 0.29) is 6.04 Å². The topological polar surface area (TPSA) is 64.1 Å². The van der Waals surface area contributed by atoms with E-state index in [4.69, 9.17) is 5.73 Å². The van der Waals surface area contributed by atoms with Crippen LogP contribution in [-0.2, 0) is 12.6 Å². The first-order valence-corrected chi connectivity index (χ1v) is 5.07. The molecule has 0 amide bonds. The molecule has 0 radical (unpaired) electrons. The predicted octanol–water partition coefficient (Wildman–Crippen LogP) is 0.509. The van der Waals surface area contributed by atoms with E-state index in [9.17, 15) is 5.11 Å². The van der Waals surface area contributed by atoms with Gasteiger partial charge in [-0.05, 0) is 25.7 Å². The molecule has 0 bridgehead atoms. The maximum absolute atomic E-state index is 10.4. The Morgan fingerprint density at radius 1 is 1.57 bits per heavy atom. The summed E-state index contributed by atoms with van der Waals surface area (Å²) < 4.78 is 1.72. The maximum Gasteiger partial charge on any atom is 0.0928 e. The van der Waals surface area contributed by atoms with E-state index in [1.165, 1.54) is 0 Å². The number of aliphatic hydroxyl groups is 1. The smallest absolute Gasteiger partial charge is 0.0928 e. The lowest BCUT2D eigenvalue weighted by molar-refractivity contribution is -0.00502. The second kappa shape index (κ2) is 3.37. The molecule has 0 spiro atoms. The highest BCUT2D eigenvalue weighted by atomic mass is 16.3. The van der Waals surface area contributed by atoms with Gasteiger partial charge >= 0.3 is 0 Å². The van der Waals surface area contributed by atoms with Gasteiger partial charge in [0.2, 0.25) is 0 Å². The normalized spacial score (nSPS) is 33.2. The van der Waals surface area contributed by atoms with Crippen LogP contribution in [0.15, 0.2) is 12.4 Å². The zero-order chi connectivity index (χ0) is 10.2. The molecule has 1 saturated carbocycles. The lowest BCUT2D eigenvalue weighted by Gasteiger charge is -2.33. The van der Waals surface area contributed by atoms with E-state index in [1.807, 2.05) is 13.2 Å². The van der Waals surface area contributed by atoms with Gasteiger partial charge in [-0.3, -0.25) is 4.68 Å². The number of hydrogen-bond donors (Lipinski definition) is 2. The summed E-state index contributed by atoms with van der Waals surface area (Å²) in [5.74, 6) is 0. The van der Waals surface area contributed by atoms with Gasteiger partial charge in [-0.1, -0.05) is 0 Å². The Kier molecular flexibility index (Phi) is 2.33. The summed E-state index contributed by atoms with van der Waals surface area (Å²) in [5, 5.41) is 14.4. The van der Waals surface area contributed by atoms with Crippen LogP contribution in [0.1, 0.15) is 31.2 Å². The molecule has 4 nitrogen and oxygen atoms in total. The van der Waals surface area contributed by atoms with Gasteiger partial charge < -0.3 is 10.8 Å². The zero-order valence-electron chi connectivity index (χ0n) is 8.48.